The molecule has 3 rings (SSSR count). The Morgan fingerprint density at radius 2 is 1.93 bits per heavy atom. The van der Waals surface area contributed by atoms with Crippen LogP contribution in [-0.2, 0) is 20.0 Å². The van der Waals surface area contributed by atoms with E-state index in [9.17, 15) is 16.8 Å². The van der Waals surface area contributed by atoms with Crippen molar-refractivity contribution >= 4 is 42.7 Å². The number of amidine groups is 1. The van der Waals surface area contributed by atoms with Crippen LogP contribution in [0.25, 0.3) is 0 Å². The zero-order chi connectivity index (χ0) is 19.7. The fraction of sp³-hybridized carbons (Fsp3) is 0.188. The van der Waals surface area contributed by atoms with Crippen LogP contribution in [0.15, 0.2) is 61.5 Å². The molecule has 0 spiro atoms. The van der Waals surface area contributed by atoms with E-state index in [1.807, 2.05) is 0 Å². The van der Waals surface area contributed by atoms with Crippen LogP contribution in [0.2, 0.25) is 0 Å². The Hall–Kier alpha value is -2.08. The first-order valence-corrected chi connectivity index (χ1v) is 11.6. The van der Waals surface area contributed by atoms with Crippen LogP contribution in [0.3, 0.4) is 0 Å². The van der Waals surface area contributed by atoms with Crippen molar-refractivity contribution in [3.05, 3.63) is 42.5 Å². The van der Waals surface area contributed by atoms with Crippen molar-refractivity contribution in [2.75, 3.05) is 19.0 Å². The Morgan fingerprint density at radius 1 is 1.19 bits per heavy atom. The van der Waals surface area contributed by atoms with E-state index < -0.39 is 20.0 Å². The number of nitrogens with zero attached hydrogens (tertiary/aromatic N) is 1. The Balaban J connectivity index is 1.97. The summed E-state index contributed by atoms with van der Waals surface area (Å²) in [6, 6.07) is 11.0. The highest BCUT2D eigenvalue weighted by atomic mass is 32.2. The molecule has 0 aromatic heterocycles. The van der Waals surface area contributed by atoms with Crippen molar-refractivity contribution in [3.8, 4) is 5.75 Å². The summed E-state index contributed by atoms with van der Waals surface area (Å²) in [5.41, 5.74) is 0.566. The first kappa shape index (κ1) is 19.7. The second-order valence-corrected chi connectivity index (χ2v) is 9.78. The van der Waals surface area contributed by atoms with Gasteiger partial charge >= 0.3 is 0 Å². The largest absolute Gasteiger partial charge is 0.495 e. The zero-order valence-electron chi connectivity index (χ0n) is 14.5. The second kappa shape index (κ2) is 7.50. The number of hydrogen-bond donors (Lipinski definition) is 2. The van der Waals surface area contributed by atoms with E-state index in [1.54, 1.807) is 31.2 Å². The van der Waals surface area contributed by atoms with E-state index >= 15 is 0 Å². The molecule has 0 radical (unpaired) electrons. The van der Waals surface area contributed by atoms with Crippen LogP contribution in [0.4, 0.5) is 5.69 Å². The fourth-order valence-electron chi connectivity index (χ4n) is 2.41. The van der Waals surface area contributed by atoms with Gasteiger partial charge in [-0.1, -0.05) is 19.1 Å². The van der Waals surface area contributed by atoms with Crippen LogP contribution in [0.1, 0.15) is 6.92 Å². The highest BCUT2D eigenvalue weighted by Gasteiger charge is 2.28. The Bertz CT molecular complexity index is 1110. The van der Waals surface area contributed by atoms with E-state index in [2.05, 4.69) is 14.4 Å². The third-order valence-corrected chi connectivity index (χ3v) is 7.66. The molecule has 1 heterocycles. The molecule has 0 unspecified atom stereocenters. The smallest absolute Gasteiger partial charge is 0.285 e. The molecule has 144 valence electrons. The summed E-state index contributed by atoms with van der Waals surface area (Å²) in [5, 5.41) is 3.09. The average Bonchev–Trinajstić information content (AvgIpc) is 2.61. The minimum absolute atomic E-state index is 0.122. The lowest BCUT2D eigenvalue weighted by atomic mass is 10.3. The summed E-state index contributed by atoms with van der Waals surface area (Å²) in [6.07, 6.45) is 0. The van der Waals surface area contributed by atoms with Gasteiger partial charge in [0.25, 0.3) is 10.0 Å². The summed E-state index contributed by atoms with van der Waals surface area (Å²) >= 11 is 1.09. The third-order valence-electron chi connectivity index (χ3n) is 3.60. The molecule has 11 heteroatoms. The highest BCUT2D eigenvalue weighted by Crippen LogP contribution is 2.36. The minimum Gasteiger partial charge on any atom is -0.495 e. The van der Waals surface area contributed by atoms with E-state index in [1.165, 1.54) is 19.2 Å². The fourth-order valence-corrected chi connectivity index (χ4v) is 6.06. The van der Waals surface area contributed by atoms with E-state index in [4.69, 9.17) is 4.74 Å². The van der Waals surface area contributed by atoms with Gasteiger partial charge in [-0.15, -0.1) is 4.40 Å². The number of para-hydroxylation sites is 2. The monoisotopic (exact) mass is 427 g/mol. The lowest BCUT2D eigenvalue weighted by molar-refractivity contribution is 0.417. The van der Waals surface area contributed by atoms with Crippen LogP contribution >= 0.6 is 11.8 Å². The molecular formula is C16H17N3O5S3. The summed E-state index contributed by atoms with van der Waals surface area (Å²) in [7, 11) is -6.32. The maximum absolute atomic E-state index is 12.6. The summed E-state index contributed by atoms with van der Waals surface area (Å²) in [5.74, 6) is 0.538. The van der Waals surface area contributed by atoms with Crippen LogP contribution < -0.4 is 14.8 Å². The Morgan fingerprint density at radius 3 is 2.63 bits per heavy atom. The van der Waals surface area contributed by atoms with Crippen molar-refractivity contribution in [1.29, 1.82) is 0 Å². The van der Waals surface area contributed by atoms with Crippen LogP contribution in [0.5, 0.6) is 5.75 Å². The molecule has 0 fully saturated rings. The normalized spacial score (nSPS) is 15.6. The Labute approximate surface area is 162 Å². The molecule has 8 nitrogen and oxygen atoms in total. The molecule has 2 aromatic carbocycles. The van der Waals surface area contributed by atoms with Crippen molar-refractivity contribution in [2.24, 2.45) is 4.40 Å². The highest BCUT2D eigenvalue weighted by molar-refractivity contribution is 8.15. The maximum atomic E-state index is 12.6. The minimum atomic E-state index is -4.06. The van der Waals surface area contributed by atoms with Gasteiger partial charge in [-0.3, -0.25) is 0 Å². The van der Waals surface area contributed by atoms with Gasteiger partial charge in [0.05, 0.1) is 17.7 Å². The molecule has 1 aliphatic heterocycles. The number of fused-ring (bicyclic) bond motifs is 1. The number of thioether (sulfide) groups is 1. The molecule has 2 N–H and O–H groups in total. The summed E-state index contributed by atoms with van der Waals surface area (Å²) < 4.78 is 60.8. The number of anilines is 1. The molecule has 0 saturated heterocycles. The molecule has 0 saturated carbocycles. The Kier molecular flexibility index (Phi) is 5.47. The third kappa shape index (κ3) is 4.10. The summed E-state index contributed by atoms with van der Waals surface area (Å²) in [4.78, 5) is 0.124. The number of benzene rings is 2. The quantitative estimate of drug-likeness (QED) is 0.752. The van der Waals surface area contributed by atoms with Gasteiger partial charge in [0, 0.05) is 11.4 Å². The van der Waals surface area contributed by atoms with Gasteiger partial charge in [-0.05, 0) is 42.1 Å². The van der Waals surface area contributed by atoms with Crippen LogP contribution in [-0.4, -0.2) is 35.7 Å². The lowest BCUT2D eigenvalue weighted by Gasteiger charge is -2.18. The number of hydrogen-bond acceptors (Lipinski definition) is 7. The molecule has 1 aliphatic rings. The van der Waals surface area contributed by atoms with E-state index in [0.29, 0.717) is 16.3 Å². The molecule has 0 atom stereocenters. The van der Waals surface area contributed by atoms with Gasteiger partial charge in [0.2, 0.25) is 10.0 Å². The molecular weight excluding hydrogens is 410 g/mol. The number of ether oxygens (including phenoxy) is 1. The topological polar surface area (TPSA) is 114 Å². The first-order valence-electron chi connectivity index (χ1n) is 7.83. The molecule has 2 aromatic rings. The van der Waals surface area contributed by atoms with Crippen molar-refractivity contribution in [2.45, 2.75) is 21.6 Å². The van der Waals surface area contributed by atoms with Crippen molar-refractivity contribution in [3.63, 3.8) is 0 Å². The lowest BCUT2D eigenvalue weighted by Crippen LogP contribution is -2.24. The molecule has 27 heavy (non-hydrogen) atoms. The number of rotatable bonds is 5. The van der Waals surface area contributed by atoms with Crippen LogP contribution in [0, 0.1) is 0 Å². The van der Waals surface area contributed by atoms with Gasteiger partial charge in [0.15, 0.2) is 5.17 Å². The van der Waals surface area contributed by atoms with E-state index in [-0.39, 0.29) is 21.5 Å². The number of methoxy groups -OCH3 is 1. The predicted octanol–water partition coefficient (Wildman–Crippen LogP) is 2.26. The average molecular weight is 428 g/mol. The maximum Gasteiger partial charge on any atom is 0.285 e. The van der Waals surface area contributed by atoms with Gasteiger partial charge in [-0.25, -0.2) is 13.1 Å². The number of sulfonamides is 2. The van der Waals surface area contributed by atoms with Gasteiger partial charge in [-0.2, -0.15) is 8.42 Å². The summed E-state index contributed by atoms with van der Waals surface area (Å²) in [6.45, 7) is 1.84. The number of nitrogens with one attached hydrogen (secondary N) is 2. The van der Waals surface area contributed by atoms with Crippen molar-refractivity contribution in [1.82, 2.24) is 4.72 Å². The SMILES string of the molecule is CCNS(=O)(=O)c1ccc2c(c1)S(=O)(=O)N=C(Nc1ccccc1OC)S2. The molecule has 0 amide bonds. The van der Waals surface area contributed by atoms with Gasteiger partial charge in [0.1, 0.15) is 10.6 Å². The first-order chi connectivity index (χ1) is 12.8. The standard InChI is InChI=1S/C16H17N3O5S3/c1-3-17-26(20,21)11-8-9-14-15(10-11)27(22,23)19-16(25-14)18-12-6-4-5-7-13(12)24-2/h4-10,17H,3H2,1-2H3,(H,18,19). The predicted molar refractivity (Wildman–Crippen MR) is 104 cm³/mol. The van der Waals surface area contributed by atoms with Crippen molar-refractivity contribution < 1.29 is 21.6 Å². The molecule has 0 bridgehead atoms. The van der Waals surface area contributed by atoms with Gasteiger partial charge < -0.3 is 10.1 Å². The molecule has 0 aliphatic carbocycles. The second-order valence-electron chi connectivity index (χ2n) is 5.41. The van der Waals surface area contributed by atoms with E-state index in [0.717, 1.165) is 17.8 Å². The zero-order valence-corrected chi connectivity index (χ0v) is 16.9.